The van der Waals surface area contributed by atoms with Crippen LogP contribution in [0.1, 0.15) is 6.92 Å². The number of nitrogens with zero attached hydrogens (tertiary/aromatic N) is 3. The van der Waals surface area contributed by atoms with Crippen LogP contribution >= 0.6 is 0 Å². The van der Waals surface area contributed by atoms with Gasteiger partial charge in [0.2, 0.25) is 5.91 Å². The fourth-order valence-corrected chi connectivity index (χ4v) is 1.70. The molecule has 1 aromatic heterocycles. The average molecular weight is 260 g/mol. The topological polar surface area (TPSA) is 69.0 Å². The van der Waals surface area contributed by atoms with Gasteiger partial charge >= 0.3 is 0 Å². The molecule has 0 aliphatic rings. The number of amides is 1. The largest absolute Gasteiger partial charge is 0.372 e. The second kappa shape index (κ2) is 6.10. The minimum absolute atomic E-state index is 0.0453. The van der Waals surface area contributed by atoms with E-state index in [4.69, 9.17) is 4.74 Å². The Morgan fingerprint density at radius 1 is 1.42 bits per heavy atom. The monoisotopic (exact) mass is 260 g/mol. The Hall–Kier alpha value is -2.21. The zero-order valence-corrected chi connectivity index (χ0v) is 11.0. The van der Waals surface area contributed by atoms with E-state index in [1.54, 1.807) is 10.9 Å². The Labute approximate surface area is 111 Å². The van der Waals surface area contributed by atoms with Crippen molar-refractivity contribution >= 4 is 11.6 Å². The number of benzene rings is 1. The molecule has 0 spiro atoms. The first-order chi connectivity index (χ1) is 9.22. The van der Waals surface area contributed by atoms with Crippen LogP contribution in [0.5, 0.6) is 0 Å². The van der Waals surface area contributed by atoms with Crippen molar-refractivity contribution in [2.75, 3.05) is 18.5 Å². The van der Waals surface area contributed by atoms with Gasteiger partial charge in [-0.1, -0.05) is 12.1 Å². The Morgan fingerprint density at radius 3 is 2.89 bits per heavy atom. The van der Waals surface area contributed by atoms with Crippen LogP contribution in [-0.4, -0.2) is 33.9 Å². The number of aromatic nitrogens is 3. The van der Waals surface area contributed by atoms with Gasteiger partial charge in [0, 0.05) is 19.2 Å². The number of ether oxygens (including phenoxy) is 1. The Kier molecular flexibility index (Phi) is 4.25. The van der Waals surface area contributed by atoms with Gasteiger partial charge in [-0.3, -0.25) is 4.79 Å². The van der Waals surface area contributed by atoms with Gasteiger partial charge in [-0.2, -0.15) is 0 Å². The molecule has 0 saturated carbocycles. The molecular formula is C13H16N4O2. The third-order valence-electron chi connectivity index (χ3n) is 2.59. The van der Waals surface area contributed by atoms with Gasteiger partial charge in [-0.05, 0) is 19.1 Å². The fraction of sp³-hybridized carbons (Fsp3) is 0.308. The molecule has 1 amide bonds. The van der Waals surface area contributed by atoms with Crippen molar-refractivity contribution in [3.63, 3.8) is 0 Å². The first-order valence-corrected chi connectivity index (χ1v) is 6.03. The molecule has 0 aliphatic carbocycles. The Bertz CT molecular complexity index is 565. The average Bonchev–Trinajstić information content (AvgIpc) is 2.83. The molecule has 0 saturated heterocycles. The van der Waals surface area contributed by atoms with Crippen molar-refractivity contribution < 1.29 is 9.53 Å². The van der Waals surface area contributed by atoms with Crippen LogP contribution in [0.4, 0.5) is 5.69 Å². The van der Waals surface area contributed by atoms with Crippen LogP contribution < -0.4 is 5.32 Å². The third kappa shape index (κ3) is 3.17. The molecule has 1 aromatic carbocycles. The van der Waals surface area contributed by atoms with Crippen LogP contribution in [0.15, 0.2) is 30.6 Å². The normalized spacial score (nSPS) is 10.4. The molecule has 0 radical (unpaired) electrons. The first kappa shape index (κ1) is 13.2. The van der Waals surface area contributed by atoms with E-state index >= 15 is 0 Å². The lowest BCUT2D eigenvalue weighted by Crippen LogP contribution is -2.18. The maximum Gasteiger partial charge on any atom is 0.250 e. The van der Waals surface area contributed by atoms with E-state index in [2.05, 4.69) is 15.5 Å². The minimum atomic E-state index is -0.184. The lowest BCUT2D eigenvalue weighted by molar-refractivity contribution is -0.120. The Morgan fingerprint density at radius 2 is 2.21 bits per heavy atom. The SMILES string of the molecule is CCOCC(=O)Nc1ccccc1-c1nncn1C. The predicted octanol–water partition coefficient (Wildman–Crippen LogP) is 1.46. The van der Waals surface area contributed by atoms with Crippen LogP contribution in [0.3, 0.4) is 0 Å². The summed E-state index contributed by atoms with van der Waals surface area (Å²) in [6, 6.07) is 7.46. The summed E-state index contributed by atoms with van der Waals surface area (Å²) in [4.78, 5) is 11.7. The lowest BCUT2D eigenvalue weighted by atomic mass is 10.1. The number of para-hydroxylation sites is 1. The molecule has 19 heavy (non-hydrogen) atoms. The maximum absolute atomic E-state index is 11.7. The summed E-state index contributed by atoms with van der Waals surface area (Å²) in [6.45, 7) is 2.41. The number of nitrogens with one attached hydrogen (secondary N) is 1. The molecule has 2 rings (SSSR count). The van der Waals surface area contributed by atoms with Gasteiger partial charge < -0.3 is 14.6 Å². The number of hydrogen-bond donors (Lipinski definition) is 1. The highest BCUT2D eigenvalue weighted by Gasteiger charge is 2.11. The predicted molar refractivity (Wildman–Crippen MR) is 71.6 cm³/mol. The molecule has 6 nitrogen and oxygen atoms in total. The number of carbonyl (C=O) groups excluding carboxylic acids is 1. The molecule has 0 fully saturated rings. The van der Waals surface area contributed by atoms with Crippen LogP contribution in [-0.2, 0) is 16.6 Å². The summed E-state index contributed by atoms with van der Waals surface area (Å²) in [6.07, 6.45) is 1.62. The van der Waals surface area contributed by atoms with Crippen LogP contribution in [0.25, 0.3) is 11.4 Å². The van der Waals surface area contributed by atoms with Crippen molar-refractivity contribution in [1.82, 2.24) is 14.8 Å². The standard InChI is InChI=1S/C13H16N4O2/c1-3-19-8-12(18)15-11-7-5-4-6-10(11)13-16-14-9-17(13)2/h4-7,9H,3,8H2,1-2H3,(H,15,18). The molecule has 6 heteroatoms. The van der Waals surface area contributed by atoms with Crippen molar-refractivity contribution in [3.05, 3.63) is 30.6 Å². The molecule has 0 bridgehead atoms. The molecule has 0 unspecified atom stereocenters. The Balaban J connectivity index is 2.22. The highest BCUT2D eigenvalue weighted by Crippen LogP contribution is 2.25. The number of anilines is 1. The second-order valence-electron chi connectivity index (χ2n) is 4.00. The van der Waals surface area contributed by atoms with Crippen LogP contribution in [0.2, 0.25) is 0 Å². The van der Waals surface area contributed by atoms with Gasteiger partial charge in [-0.25, -0.2) is 0 Å². The zero-order valence-electron chi connectivity index (χ0n) is 11.0. The summed E-state index contributed by atoms with van der Waals surface area (Å²) in [5.74, 6) is 0.517. The maximum atomic E-state index is 11.7. The van der Waals surface area contributed by atoms with Gasteiger partial charge in [0.15, 0.2) is 5.82 Å². The van der Waals surface area contributed by atoms with Crippen molar-refractivity contribution in [2.45, 2.75) is 6.92 Å². The highest BCUT2D eigenvalue weighted by atomic mass is 16.5. The smallest absolute Gasteiger partial charge is 0.250 e. The van der Waals surface area contributed by atoms with Gasteiger partial charge in [0.1, 0.15) is 12.9 Å². The second-order valence-corrected chi connectivity index (χ2v) is 4.00. The molecule has 0 aliphatic heterocycles. The van der Waals surface area contributed by atoms with Gasteiger partial charge in [-0.15, -0.1) is 10.2 Å². The van der Waals surface area contributed by atoms with Crippen molar-refractivity contribution in [1.29, 1.82) is 0 Å². The van der Waals surface area contributed by atoms with E-state index in [1.807, 2.05) is 38.2 Å². The van der Waals surface area contributed by atoms with E-state index in [1.165, 1.54) is 0 Å². The molecule has 0 atom stereocenters. The van der Waals surface area contributed by atoms with Crippen LogP contribution in [0, 0.1) is 0 Å². The molecule has 1 heterocycles. The summed E-state index contributed by atoms with van der Waals surface area (Å²) in [7, 11) is 1.86. The molecule has 100 valence electrons. The number of rotatable bonds is 5. The van der Waals surface area contributed by atoms with E-state index in [9.17, 15) is 4.79 Å². The third-order valence-corrected chi connectivity index (χ3v) is 2.59. The van der Waals surface area contributed by atoms with Crippen molar-refractivity contribution in [3.8, 4) is 11.4 Å². The number of hydrogen-bond acceptors (Lipinski definition) is 4. The zero-order chi connectivity index (χ0) is 13.7. The molecule has 2 aromatic rings. The minimum Gasteiger partial charge on any atom is -0.372 e. The van der Waals surface area contributed by atoms with E-state index < -0.39 is 0 Å². The summed E-state index contributed by atoms with van der Waals surface area (Å²) in [5, 5.41) is 10.7. The molecule has 1 N–H and O–H groups in total. The summed E-state index contributed by atoms with van der Waals surface area (Å²) < 4.78 is 6.88. The quantitative estimate of drug-likeness (QED) is 0.883. The van der Waals surface area contributed by atoms with E-state index in [-0.39, 0.29) is 12.5 Å². The van der Waals surface area contributed by atoms with Gasteiger partial charge in [0.25, 0.3) is 0 Å². The highest BCUT2D eigenvalue weighted by molar-refractivity contribution is 5.95. The summed E-state index contributed by atoms with van der Waals surface area (Å²) in [5.41, 5.74) is 1.52. The molecular weight excluding hydrogens is 244 g/mol. The first-order valence-electron chi connectivity index (χ1n) is 6.03. The lowest BCUT2D eigenvalue weighted by Gasteiger charge is -2.10. The van der Waals surface area contributed by atoms with Gasteiger partial charge in [0.05, 0.1) is 5.69 Å². The number of aryl methyl sites for hydroxylation is 1. The number of carbonyl (C=O) groups is 1. The van der Waals surface area contributed by atoms with E-state index in [0.717, 1.165) is 5.56 Å². The summed E-state index contributed by atoms with van der Waals surface area (Å²) >= 11 is 0. The van der Waals surface area contributed by atoms with Crippen molar-refractivity contribution in [2.24, 2.45) is 7.05 Å². The fourth-order valence-electron chi connectivity index (χ4n) is 1.70. The van der Waals surface area contributed by atoms with E-state index in [0.29, 0.717) is 18.1 Å².